The Bertz CT molecular complexity index is 556. The van der Waals surface area contributed by atoms with E-state index in [0.717, 1.165) is 18.2 Å². The molecule has 0 radical (unpaired) electrons. The summed E-state index contributed by atoms with van der Waals surface area (Å²) in [7, 11) is 0. The van der Waals surface area contributed by atoms with Crippen LogP contribution >= 0.6 is 0 Å². The molecule has 6 N–H and O–H groups in total. The van der Waals surface area contributed by atoms with E-state index in [0.29, 0.717) is 24.6 Å². The van der Waals surface area contributed by atoms with Gasteiger partial charge in [-0.25, -0.2) is 14.4 Å². The number of allylic oxidation sites excluding steroid dienone is 3. The van der Waals surface area contributed by atoms with Gasteiger partial charge in [-0.3, -0.25) is 0 Å². The van der Waals surface area contributed by atoms with Crippen molar-refractivity contribution in [2.45, 2.75) is 19.4 Å². The van der Waals surface area contributed by atoms with E-state index in [1.807, 2.05) is 0 Å². The standard InChI is InChI=1S/C18H26O10/c1-2-9-28-13(10-19)18(11-20,12-21)17(6-3-14(22)23,7-4-15(24)25)8-5-16(26)27/h3-8,13,19-21H,2,9-12H2,1H3,(H,22,23)(H,24,25)(H,26,27). The molecule has 1 atom stereocenters. The van der Waals surface area contributed by atoms with Crippen LogP contribution in [0.5, 0.6) is 0 Å². The predicted octanol–water partition coefficient (Wildman–Crippen LogP) is -0.346. The molecular formula is C18H26O10. The Morgan fingerprint density at radius 3 is 1.50 bits per heavy atom. The molecule has 10 heteroatoms. The monoisotopic (exact) mass is 402 g/mol. The Balaban J connectivity index is 6.91. The Hall–Kier alpha value is -2.53. The van der Waals surface area contributed by atoms with Gasteiger partial charge in [0.05, 0.1) is 31.3 Å². The maximum absolute atomic E-state index is 11.1. The number of hydrogen-bond acceptors (Lipinski definition) is 7. The number of carboxylic acid groups (broad SMARTS) is 3. The summed E-state index contributed by atoms with van der Waals surface area (Å²) < 4.78 is 5.50. The highest BCUT2D eigenvalue weighted by Crippen LogP contribution is 2.47. The third kappa shape index (κ3) is 6.57. The molecule has 0 fully saturated rings. The summed E-state index contributed by atoms with van der Waals surface area (Å²) in [6.07, 6.45) is 3.87. The fourth-order valence-corrected chi connectivity index (χ4v) is 2.75. The lowest BCUT2D eigenvalue weighted by molar-refractivity contribution is -0.139. The Kier molecular flexibility index (Phi) is 10.9. The third-order valence-electron chi connectivity index (χ3n) is 4.24. The van der Waals surface area contributed by atoms with Gasteiger partial charge in [-0.05, 0) is 6.42 Å². The summed E-state index contributed by atoms with van der Waals surface area (Å²) >= 11 is 0. The van der Waals surface area contributed by atoms with Crippen LogP contribution in [-0.2, 0) is 19.1 Å². The molecule has 0 aliphatic heterocycles. The minimum absolute atomic E-state index is 0.108. The maximum Gasteiger partial charge on any atom is 0.328 e. The van der Waals surface area contributed by atoms with Gasteiger partial charge < -0.3 is 35.4 Å². The van der Waals surface area contributed by atoms with E-state index in [1.54, 1.807) is 6.92 Å². The van der Waals surface area contributed by atoms with Crippen LogP contribution < -0.4 is 0 Å². The van der Waals surface area contributed by atoms with Gasteiger partial charge >= 0.3 is 17.9 Å². The molecule has 0 aromatic carbocycles. The zero-order chi connectivity index (χ0) is 21.8. The van der Waals surface area contributed by atoms with Gasteiger partial charge in [0.2, 0.25) is 0 Å². The summed E-state index contributed by atoms with van der Waals surface area (Å²) in [6, 6.07) is 0. The predicted molar refractivity (Wildman–Crippen MR) is 96.5 cm³/mol. The molecule has 0 heterocycles. The molecule has 0 aliphatic carbocycles. The van der Waals surface area contributed by atoms with Gasteiger partial charge in [0.15, 0.2) is 0 Å². The molecule has 0 saturated carbocycles. The first kappa shape index (κ1) is 25.5. The SMILES string of the molecule is CCCOC(CO)C(CO)(CO)C(C=CC(=O)O)(C=CC(=O)O)C=CC(=O)O. The fraction of sp³-hybridized carbons (Fsp3) is 0.500. The second kappa shape index (κ2) is 12.0. The average molecular weight is 402 g/mol. The first-order valence-electron chi connectivity index (χ1n) is 8.35. The molecule has 0 aromatic rings. The Morgan fingerprint density at radius 2 is 1.25 bits per heavy atom. The number of aliphatic carboxylic acids is 3. The van der Waals surface area contributed by atoms with Crippen molar-refractivity contribution in [3.05, 3.63) is 36.5 Å². The lowest BCUT2D eigenvalue weighted by atomic mass is 9.60. The minimum Gasteiger partial charge on any atom is -0.478 e. The average Bonchev–Trinajstić information content (AvgIpc) is 2.65. The number of aliphatic hydroxyl groups excluding tert-OH is 3. The molecule has 0 aromatic heterocycles. The highest BCUT2D eigenvalue weighted by molar-refractivity contribution is 5.82. The Labute approximate surface area is 161 Å². The van der Waals surface area contributed by atoms with Crippen LogP contribution in [0.15, 0.2) is 36.5 Å². The van der Waals surface area contributed by atoms with Crippen molar-refractivity contribution in [2.75, 3.05) is 26.4 Å². The number of carboxylic acids is 3. The molecule has 0 spiro atoms. The minimum atomic E-state index is -1.94. The van der Waals surface area contributed by atoms with Crippen molar-refractivity contribution in [3.63, 3.8) is 0 Å². The molecule has 158 valence electrons. The van der Waals surface area contributed by atoms with Crippen LogP contribution in [0, 0.1) is 10.8 Å². The van der Waals surface area contributed by atoms with Crippen LogP contribution in [0.2, 0.25) is 0 Å². The van der Waals surface area contributed by atoms with E-state index in [9.17, 15) is 29.7 Å². The number of rotatable bonds is 14. The molecule has 0 rings (SSSR count). The molecule has 0 amide bonds. The zero-order valence-corrected chi connectivity index (χ0v) is 15.4. The van der Waals surface area contributed by atoms with Crippen molar-refractivity contribution in [3.8, 4) is 0 Å². The van der Waals surface area contributed by atoms with E-state index in [-0.39, 0.29) is 6.61 Å². The first-order valence-corrected chi connectivity index (χ1v) is 8.35. The first-order chi connectivity index (χ1) is 13.1. The number of ether oxygens (including phenoxy) is 1. The van der Waals surface area contributed by atoms with Crippen LogP contribution in [0.4, 0.5) is 0 Å². The zero-order valence-electron chi connectivity index (χ0n) is 15.4. The molecule has 28 heavy (non-hydrogen) atoms. The van der Waals surface area contributed by atoms with Crippen molar-refractivity contribution in [2.24, 2.45) is 10.8 Å². The van der Waals surface area contributed by atoms with Crippen LogP contribution in [0.3, 0.4) is 0 Å². The molecular weight excluding hydrogens is 376 g/mol. The van der Waals surface area contributed by atoms with Crippen LogP contribution in [0.25, 0.3) is 0 Å². The third-order valence-corrected chi connectivity index (χ3v) is 4.24. The van der Waals surface area contributed by atoms with Crippen molar-refractivity contribution in [1.29, 1.82) is 0 Å². The van der Waals surface area contributed by atoms with Gasteiger partial charge in [-0.2, -0.15) is 0 Å². The Morgan fingerprint density at radius 1 is 0.857 bits per heavy atom. The molecule has 0 saturated heterocycles. The second-order valence-corrected chi connectivity index (χ2v) is 5.96. The summed E-state index contributed by atoms with van der Waals surface area (Å²) in [4.78, 5) is 33.2. The van der Waals surface area contributed by atoms with Crippen LogP contribution in [0.1, 0.15) is 13.3 Å². The number of hydrogen-bond donors (Lipinski definition) is 6. The topological polar surface area (TPSA) is 182 Å². The van der Waals surface area contributed by atoms with E-state index >= 15 is 0 Å². The van der Waals surface area contributed by atoms with E-state index in [4.69, 9.17) is 20.1 Å². The number of carbonyl (C=O) groups is 3. The lowest BCUT2D eigenvalue weighted by Gasteiger charge is -2.48. The van der Waals surface area contributed by atoms with Crippen molar-refractivity contribution in [1.82, 2.24) is 0 Å². The van der Waals surface area contributed by atoms with E-state index in [2.05, 4.69) is 0 Å². The largest absolute Gasteiger partial charge is 0.478 e. The van der Waals surface area contributed by atoms with Gasteiger partial charge in [0.1, 0.15) is 0 Å². The lowest BCUT2D eigenvalue weighted by Crippen LogP contribution is -2.55. The fourth-order valence-electron chi connectivity index (χ4n) is 2.75. The molecule has 0 aliphatic rings. The summed E-state index contributed by atoms with van der Waals surface area (Å²) in [5.74, 6) is -4.30. The van der Waals surface area contributed by atoms with Gasteiger partial charge in [-0.1, -0.05) is 25.2 Å². The van der Waals surface area contributed by atoms with Gasteiger partial charge in [-0.15, -0.1) is 0 Å². The maximum atomic E-state index is 11.1. The number of aliphatic hydroxyl groups is 3. The summed E-state index contributed by atoms with van der Waals surface area (Å²) in [5.41, 5.74) is -3.83. The van der Waals surface area contributed by atoms with Gasteiger partial charge in [0, 0.05) is 30.2 Å². The molecule has 0 bridgehead atoms. The van der Waals surface area contributed by atoms with E-state index in [1.165, 1.54) is 0 Å². The van der Waals surface area contributed by atoms with Gasteiger partial charge in [0.25, 0.3) is 0 Å². The molecule has 1 unspecified atom stereocenters. The second-order valence-electron chi connectivity index (χ2n) is 5.96. The smallest absolute Gasteiger partial charge is 0.328 e. The highest BCUT2D eigenvalue weighted by Gasteiger charge is 2.52. The highest BCUT2D eigenvalue weighted by atomic mass is 16.5. The quantitative estimate of drug-likeness (QED) is 0.210. The van der Waals surface area contributed by atoms with E-state index < -0.39 is 54.7 Å². The summed E-state index contributed by atoms with van der Waals surface area (Å²) in [5, 5.41) is 57.0. The normalized spacial score (nSPS) is 15.9. The molecule has 10 nitrogen and oxygen atoms in total. The van der Waals surface area contributed by atoms with Crippen molar-refractivity contribution >= 4 is 17.9 Å². The van der Waals surface area contributed by atoms with Crippen LogP contribution in [-0.4, -0.2) is 81.1 Å². The van der Waals surface area contributed by atoms with Crippen molar-refractivity contribution < 1.29 is 49.8 Å². The summed E-state index contributed by atoms with van der Waals surface area (Å²) in [6.45, 7) is -0.629.